The molecule has 0 amide bonds. The Morgan fingerprint density at radius 2 is 2.44 bits per heavy atom. The molecule has 1 atom stereocenters. The lowest BCUT2D eigenvalue weighted by Crippen LogP contribution is -2.29. The van der Waals surface area contributed by atoms with Crippen LogP contribution in [0.5, 0.6) is 0 Å². The molecule has 1 rings (SSSR count). The van der Waals surface area contributed by atoms with Gasteiger partial charge in [0, 0.05) is 7.11 Å². The Labute approximate surface area is 90.2 Å². The summed E-state index contributed by atoms with van der Waals surface area (Å²) in [5.74, 6) is -1.28. The molecule has 0 bridgehead atoms. The van der Waals surface area contributed by atoms with Crippen molar-refractivity contribution in [3.63, 3.8) is 0 Å². The van der Waals surface area contributed by atoms with E-state index in [1.54, 1.807) is 0 Å². The zero-order valence-corrected chi connectivity index (χ0v) is 8.59. The van der Waals surface area contributed by atoms with Crippen molar-refractivity contribution < 1.29 is 19.0 Å². The summed E-state index contributed by atoms with van der Waals surface area (Å²) in [5.41, 5.74) is 4.35. The Morgan fingerprint density at radius 3 is 3.00 bits per heavy atom. The van der Waals surface area contributed by atoms with Gasteiger partial charge in [-0.15, -0.1) is 0 Å². The Bertz CT molecular complexity index is 405. The molecule has 0 aromatic carbocycles. The van der Waals surface area contributed by atoms with Crippen molar-refractivity contribution in [2.75, 3.05) is 19.5 Å². The van der Waals surface area contributed by atoms with E-state index >= 15 is 0 Å². The number of aliphatic hydroxyl groups is 1. The predicted molar refractivity (Wildman–Crippen MR) is 51.8 cm³/mol. The molecule has 0 aliphatic rings. The van der Waals surface area contributed by atoms with Crippen LogP contribution < -0.4 is 11.4 Å². The Kier molecular flexibility index (Phi) is 4.35. The Balaban J connectivity index is 2.74. The Hall–Kier alpha value is -1.51. The van der Waals surface area contributed by atoms with Crippen molar-refractivity contribution in [1.29, 1.82) is 0 Å². The summed E-state index contributed by atoms with van der Waals surface area (Å²) in [4.78, 5) is 14.4. The molecule has 0 aliphatic carbocycles. The first-order chi connectivity index (χ1) is 7.58. The van der Waals surface area contributed by atoms with Gasteiger partial charge >= 0.3 is 5.69 Å². The number of nitrogens with zero attached hydrogens (tertiary/aromatic N) is 2. The zero-order chi connectivity index (χ0) is 12.1. The van der Waals surface area contributed by atoms with E-state index in [1.165, 1.54) is 7.11 Å². The zero-order valence-electron chi connectivity index (χ0n) is 8.59. The van der Waals surface area contributed by atoms with E-state index in [2.05, 4.69) is 9.72 Å². The summed E-state index contributed by atoms with van der Waals surface area (Å²) in [5, 5.41) is 8.72. The summed E-state index contributed by atoms with van der Waals surface area (Å²) >= 11 is 0. The predicted octanol–water partition coefficient (Wildman–Crippen LogP) is -1.10. The number of hydrogen-bond acceptors (Lipinski definition) is 6. The molecule has 0 unspecified atom stereocenters. The highest BCUT2D eigenvalue weighted by Crippen LogP contribution is 2.01. The lowest BCUT2D eigenvalue weighted by molar-refractivity contribution is -0.166. The number of halogens is 1. The third kappa shape index (κ3) is 2.99. The van der Waals surface area contributed by atoms with Gasteiger partial charge in [-0.3, -0.25) is 4.57 Å². The minimum absolute atomic E-state index is 0.290. The molecule has 0 fully saturated rings. The molecule has 0 radical (unpaired) electrons. The molecule has 0 aliphatic heterocycles. The average molecular weight is 233 g/mol. The van der Waals surface area contributed by atoms with Gasteiger partial charge in [0.05, 0.1) is 12.8 Å². The van der Waals surface area contributed by atoms with Crippen LogP contribution in [0.2, 0.25) is 0 Å². The molecule has 1 aromatic heterocycles. The van der Waals surface area contributed by atoms with Crippen LogP contribution in [0, 0.1) is 5.82 Å². The first kappa shape index (κ1) is 12.6. The van der Waals surface area contributed by atoms with Crippen molar-refractivity contribution in [1.82, 2.24) is 9.55 Å². The van der Waals surface area contributed by atoms with Gasteiger partial charge < -0.3 is 20.3 Å². The van der Waals surface area contributed by atoms with Gasteiger partial charge in [-0.25, -0.2) is 9.18 Å². The molecule has 16 heavy (non-hydrogen) atoms. The van der Waals surface area contributed by atoms with Gasteiger partial charge in [0.1, 0.15) is 6.73 Å². The largest absolute Gasteiger partial charge is 0.391 e. The number of anilines is 1. The fourth-order valence-electron chi connectivity index (χ4n) is 0.930. The Morgan fingerprint density at radius 1 is 1.75 bits per heavy atom. The van der Waals surface area contributed by atoms with E-state index in [4.69, 9.17) is 15.6 Å². The number of hydrogen-bond donors (Lipinski definition) is 2. The number of aliphatic hydroxyl groups excluding tert-OH is 1. The van der Waals surface area contributed by atoms with Crippen molar-refractivity contribution >= 4 is 5.82 Å². The highest BCUT2D eigenvalue weighted by Gasteiger charge is 2.08. The van der Waals surface area contributed by atoms with Crippen LogP contribution in [0.1, 0.15) is 0 Å². The number of aromatic nitrogens is 2. The van der Waals surface area contributed by atoms with Gasteiger partial charge in [-0.2, -0.15) is 4.98 Å². The summed E-state index contributed by atoms with van der Waals surface area (Å²) < 4.78 is 23.5. The molecular formula is C8H12FN3O4. The maximum absolute atomic E-state index is 13.0. The van der Waals surface area contributed by atoms with Crippen LogP contribution in [0.4, 0.5) is 10.2 Å². The maximum Gasteiger partial charge on any atom is 0.351 e. The monoisotopic (exact) mass is 233 g/mol. The van der Waals surface area contributed by atoms with Gasteiger partial charge in [0.15, 0.2) is 17.9 Å². The highest BCUT2D eigenvalue weighted by molar-refractivity contribution is 5.26. The van der Waals surface area contributed by atoms with Gasteiger partial charge in [-0.05, 0) is 0 Å². The molecule has 0 saturated carbocycles. The summed E-state index contributed by atoms with van der Waals surface area (Å²) in [6.45, 7) is -0.668. The number of methoxy groups -OCH3 is 1. The minimum Gasteiger partial charge on any atom is -0.391 e. The summed E-state index contributed by atoms with van der Waals surface area (Å²) in [6, 6.07) is 0. The lowest BCUT2D eigenvalue weighted by atomic mass is 10.5. The number of nitrogens with two attached hydrogens (primary N) is 1. The van der Waals surface area contributed by atoms with E-state index in [0.717, 1.165) is 10.8 Å². The second kappa shape index (κ2) is 5.54. The number of nitrogen functional groups attached to an aromatic ring is 1. The van der Waals surface area contributed by atoms with Crippen LogP contribution in [0.3, 0.4) is 0 Å². The summed E-state index contributed by atoms with van der Waals surface area (Å²) in [7, 11) is 1.32. The van der Waals surface area contributed by atoms with Crippen molar-refractivity contribution in [3.05, 3.63) is 22.5 Å². The van der Waals surface area contributed by atoms with E-state index in [-0.39, 0.29) is 13.3 Å². The van der Waals surface area contributed by atoms with Gasteiger partial charge in [-0.1, -0.05) is 0 Å². The second-order valence-corrected chi connectivity index (χ2v) is 2.87. The molecule has 1 heterocycles. The topological polar surface area (TPSA) is 99.6 Å². The standard InChI is InChI=1S/C8H12FN3O4/c1-15-6(3-13)16-4-12-2-5(9)7(10)11-8(12)14/h2,6,13H,3-4H2,1H3,(H2,10,11,14)/t6-/m1/s1. The quantitative estimate of drug-likeness (QED) is 0.626. The molecule has 8 heteroatoms. The third-order valence-electron chi connectivity index (χ3n) is 1.79. The fraction of sp³-hybridized carbons (Fsp3) is 0.500. The first-order valence-electron chi connectivity index (χ1n) is 4.36. The van der Waals surface area contributed by atoms with Crippen LogP contribution in [0.15, 0.2) is 11.0 Å². The highest BCUT2D eigenvalue weighted by atomic mass is 19.1. The van der Waals surface area contributed by atoms with Crippen molar-refractivity contribution in [3.8, 4) is 0 Å². The van der Waals surface area contributed by atoms with E-state index < -0.39 is 23.6 Å². The minimum atomic E-state index is -0.882. The second-order valence-electron chi connectivity index (χ2n) is 2.87. The molecule has 1 aromatic rings. The maximum atomic E-state index is 13.0. The SMILES string of the molecule is CO[C@@H](CO)OCn1cc(F)c(N)nc1=O. The lowest BCUT2D eigenvalue weighted by Gasteiger charge is -2.14. The van der Waals surface area contributed by atoms with Gasteiger partial charge in [0.25, 0.3) is 0 Å². The molecule has 3 N–H and O–H groups in total. The molecule has 0 spiro atoms. The van der Waals surface area contributed by atoms with Crippen LogP contribution in [0.25, 0.3) is 0 Å². The van der Waals surface area contributed by atoms with Crippen LogP contribution in [-0.2, 0) is 16.2 Å². The van der Waals surface area contributed by atoms with E-state index in [1.807, 2.05) is 0 Å². The smallest absolute Gasteiger partial charge is 0.351 e. The summed E-state index contributed by atoms with van der Waals surface area (Å²) in [6.07, 6.45) is -0.0121. The first-order valence-corrected chi connectivity index (χ1v) is 4.36. The third-order valence-corrected chi connectivity index (χ3v) is 1.79. The van der Waals surface area contributed by atoms with Crippen molar-refractivity contribution in [2.45, 2.75) is 13.0 Å². The van der Waals surface area contributed by atoms with Gasteiger partial charge in [0.2, 0.25) is 0 Å². The van der Waals surface area contributed by atoms with E-state index in [0.29, 0.717) is 0 Å². The molecule has 7 nitrogen and oxygen atoms in total. The number of rotatable bonds is 5. The van der Waals surface area contributed by atoms with E-state index in [9.17, 15) is 9.18 Å². The number of ether oxygens (including phenoxy) is 2. The van der Waals surface area contributed by atoms with Crippen LogP contribution >= 0.6 is 0 Å². The molecule has 90 valence electrons. The molecular weight excluding hydrogens is 221 g/mol. The fourth-order valence-corrected chi connectivity index (χ4v) is 0.930. The molecule has 0 saturated heterocycles. The average Bonchev–Trinajstić information content (AvgIpc) is 2.26. The normalized spacial score (nSPS) is 12.7. The van der Waals surface area contributed by atoms with Crippen molar-refractivity contribution in [2.24, 2.45) is 0 Å². The van der Waals surface area contributed by atoms with Crippen LogP contribution in [-0.4, -0.2) is 34.7 Å².